The van der Waals surface area contributed by atoms with Gasteiger partial charge in [-0.25, -0.2) is 9.98 Å². The number of rotatable bonds is 8. The molecule has 0 aliphatic rings. The van der Waals surface area contributed by atoms with E-state index < -0.39 is 12.7 Å². The second-order valence-electron chi connectivity index (χ2n) is 5.79. The Morgan fingerprint density at radius 2 is 1.93 bits per heavy atom. The standard InChI is InChI=1S/C18H24F2N4O2S.HI/c1-4-21-18(23-10-16-24-11(2)12(3)27-16)22-9-15(25)13-5-7-14(8-6-13)26-17(19)20;/h5-8,15,17,25H,4,9-10H2,1-3H3,(H2,21,22,23);1H. The molecule has 0 bridgehead atoms. The fourth-order valence-corrected chi connectivity index (χ4v) is 3.14. The van der Waals surface area contributed by atoms with E-state index in [9.17, 15) is 13.9 Å². The van der Waals surface area contributed by atoms with Crippen LogP contribution in [0.4, 0.5) is 8.78 Å². The number of nitrogens with one attached hydrogen (secondary N) is 2. The molecule has 2 aromatic rings. The lowest BCUT2D eigenvalue weighted by Gasteiger charge is -2.16. The van der Waals surface area contributed by atoms with Gasteiger partial charge in [0.15, 0.2) is 5.96 Å². The number of ether oxygens (including phenoxy) is 1. The van der Waals surface area contributed by atoms with Gasteiger partial charge in [0.05, 0.1) is 18.3 Å². The Morgan fingerprint density at radius 3 is 2.46 bits per heavy atom. The molecule has 0 fully saturated rings. The van der Waals surface area contributed by atoms with Crippen molar-refractivity contribution < 1.29 is 18.6 Å². The minimum Gasteiger partial charge on any atom is -0.435 e. The predicted octanol–water partition coefficient (Wildman–Crippen LogP) is 3.77. The lowest BCUT2D eigenvalue weighted by Crippen LogP contribution is -2.39. The highest BCUT2D eigenvalue weighted by molar-refractivity contribution is 14.0. The van der Waals surface area contributed by atoms with E-state index >= 15 is 0 Å². The van der Waals surface area contributed by atoms with Crippen molar-refractivity contribution in [3.05, 3.63) is 45.4 Å². The third-order valence-corrected chi connectivity index (χ3v) is 4.80. The van der Waals surface area contributed by atoms with Crippen molar-refractivity contribution in [3.8, 4) is 5.75 Å². The molecule has 1 heterocycles. The maximum atomic E-state index is 12.2. The van der Waals surface area contributed by atoms with Crippen LogP contribution in [-0.2, 0) is 6.54 Å². The number of aliphatic hydroxyl groups excluding tert-OH is 1. The number of nitrogens with zero attached hydrogens (tertiary/aromatic N) is 2. The first-order valence-electron chi connectivity index (χ1n) is 8.57. The monoisotopic (exact) mass is 526 g/mol. The average Bonchev–Trinajstić information content (AvgIpc) is 2.95. The first kappa shape index (κ1) is 24.5. The highest BCUT2D eigenvalue weighted by atomic mass is 127. The van der Waals surface area contributed by atoms with E-state index in [2.05, 4.69) is 25.3 Å². The molecule has 0 saturated carbocycles. The van der Waals surface area contributed by atoms with Gasteiger partial charge in [-0.1, -0.05) is 12.1 Å². The molecule has 0 aliphatic heterocycles. The van der Waals surface area contributed by atoms with E-state index in [1.54, 1.807) is 23.5 Å². The summed E-state index contributed by atoms with van der Waals surface area (Å²) in [6.07, 6.45) is -0.821. The molecular weight excluding hydrogens is 501 g/mol. The molecule has 0 spiro atoms. The van der Waals surface area contributed by atoms with Crippen molar-refractivity contribution in [1.29, 1.82) is 0 Å². The lowest BCUT2D eigenvalue weighted by molar-refractivity contribution is -0.0498. The first-order valence-corrected chi connectivity index (χ1v) is 9.38. The molecule has 0 amide bonds. The van der Waals surface area contributed by atoms with E-state index in [1.165, 1.54) is 17.0 Å². The normalized spacial score (nSPS) is 12.5. The Balaban J connectivity index is 0.00000392. The number of aromatic nitrogens is 1. The second-order valence-corrected chi connectivity index (χ2v) is 7.08. The largest absolute Gasteiger partial charge is 0.435 e. The van der Waals surface area contributed by atoms with Gasteiger partial charge < -0.3 is 20.5 Å². The van der Waals surface area contributed by atoms with Crippen LogP contribution < -0.4 is 15.4 Å². The van der Waals surface area contributed by atoms with Crippen molar-refractivity contribution in [2.24, 2.45) is 4.99 Å². The van der Waals surface area contributed by atoms with Gasteiger partial charge in [-0.15, -0.1) is 35.3 Å². The van der Waals surface area contributed by atoms with Crippen LogP contribution in [0.5, 0.6) is 5.75 Å². The van der Waals surface area contributed by atoms with Crippen molar-refractivity contribution in [2.75, 3.05) is 13.1 Å². The number of aliphatic hydroxyl groups is 1. The van der Waals surface area contributed by atoms with Crippen molar-refractivity contribution in [2.45, 2.75) is 40.0 Å². The molecule has 156 valence electrons. The number of guanidine groups is 1. The molecule has 1 aromatic carbocycles. The third kappa shape index (κ3) is 7.84. The molecule has 1 unspecified atom stereocenters. The van der Waals surface area contributed by atoms with Crippen LogP contribution in [-0.4, -0.2) is 35.8 Å². The molecule has 28 heavy (non-hydrogen) atoms. The van der Waals surface area contributed by atoms with Crippen LogP contribution in [0.3, 0.4) is 0 Å². The van der Waals surface area contributed by atoms with Crippen LogP contribution in [0.15, 0.2) is 29.3 Å². The van der Waals surface area contributed by atoms with Crippen molar-refractivity contribution in [1.82, 2.24) is 15.6 Å². The Kier molecular flexibility index (Phi) is 10.6. The zero-order valence-corrected chi connectivity index (χ0v) is 19.1. The van der Waals surface area contributed by atoms with Crippen LogP contribution in [0.25, 0.3) is 0 Å². The number of hydrogen-bond acceptors (Lipinski definition) is 5. The summed E-state index contributed by atoms with van der Waals surface area (Å²) in [5.41, 5.74) is 1.60. The zero-order chi connectivity index (χ0) is 19.8. The van der Waals surface area contributed by atoms with Gasteiger partial charge in [0, 0.05) is 18.0 Å². The van der Waals surface area contributed by atoms with Crippen LogP contribution in [0, 0.1) is 13.8 Å². The number of aryl methyl sites for hydroxylation is 2. The highest BCUT2D eigenvalue weighted by Gasteiger charge is 2.10. The minimum atomic E-state index is -2.87. The SMILES string of the molecule is CCNC(=NCc1nc(C)c(C)s1)NCC(O)c1ccc(OC(F)F)cc1.I. The smallest absolute Gasteiger partial charge is 0.387 e. The van der Waals surface area contributed by atoms with E-state index in [0.29, 0.717) is 24.6 Å². The molecule has 2 rings (SSSR count). The molecule has 3 N–H and O–H groups in total. The van der Waals surface area contributed by atoms with Gasteiger partial charge in [0.1, 0.15) is 10.8 Å². The van der Waals surface area contributed by atoms with Crippen LogP contribution in [0.2, 0.25) is 0 Å². The van der Waals surface area contributed by atoms with Gasteiger partial charge in [0.2, 0.25) is 0 Å². The fourth-order valence-electron chi connectivity index (χ4n) is 2.28. The van der Waals surface area contributed by atoms with Crippen molar-refractivity contribution in [3.63, 3.8) is 0 Å². The molecule has 0 aliphatic carbocycles. The molecule has 6 nitrogen and oxygen atoms in total. The van der Waals surface area contributed by atoms with E-state index in [4.69, 9.17) is 0 Å². The Labute approximate surface area is 184 Å². The topological polar surface area (TPSA) is 78.8 Å². The quantitative estimate of drug-likeness (QED) is 0.278. The molecular formula is C18H25F2IN4O2S. The summed E-state index contributed by atoms with van der Waals surface area (Å²) in [6.45, 7) is 4.42. The number of hydrogen-bond donors (Lipinski definition) is 3. The minimum absolute atomic E-state index is 0. The van der Waals surface area contributed by atoms with Gasteiger partial charge in [-0.2, -0.15) is 8.78 Å². The number of benzene rings is 1. The molecule has 1 atom stereocenters. The summed E-state index contributed by atoms with van der Waals surface area (Å²) in [4.78, 5) is 10.1. The number of alkyl halides is 2. The van der Waals surface area contributed by atoms with Gasteiger partial charge >= 0.3 is 6.61 Å². The lowest BCUT2D eigenvalue weighted by atomic mass is 10.1. The van der Waals surface area contributed by atoms with Crippen molar-refractivity contribution >= 4 is 41.3 Å². The van der Waals surface area contributed by atoms with E-state index in [0.717, 1.165) is 10.7 Å². The second kappa shape index (κ2) is 12.1. The van der Waals surface area contributed by atoms with Gasteiger partial charge in [-0.05, 0) is 38.5 Å². The van der Waals surface area contributed by atoms with Gasteiger partial charge in [-0.3, -0.25) is 0 Å². The predicted molar refractivity (Wildman–Crippen MR) is 118 cm³/mol. The maximum Gasteiger partial charge on any atom is 0.387 e. The van der Waals surface area contributed by atoms with E-state index in [-0.39, 0.29) is 36.3 Å². The van der Waals surface area contributed by atoms with E-state index in [1.807, 2.05) is 20.8 Å². The van der Waals surface area contributed by atoms with Crippen LogP contribution in [0.1, 0.15) is 34.2 Å². The Bertz CT molecular complexity index is 737. The first-order chi connectivity index (χ1) is 12.9. The Hall–Kier alpha value is -1.53. The summed E-state index contributed by atoms with van der Waals surface area (Å²) < 4.78 is 28.6. The average molecular weight is 526 g/mol. The molecule has 10 heteroatoms. The molecule has 0 radical (unpaired) electrons. The zero-order valence-electron chi connectivity index (χ0n) is 15.9. The Morgan fingerprint density at radius 1 is 1.25 bits per heavy atom. The summed E-state index contributed by atoms with van der Waals surface area (Å²) >= 11 is 1.61. The number of aliphatic imine (C=N–C) groups is 1. The number of thiazole rings is 1. The summed E-state index contributed by atoms with van der Waals surface area (Å²) in [6, 6.07) is 5.90. The highest BCUT2D eigenvalue weighted by Crippen LogP contribution is 2.19. The summed E-state index contributed by atoms with van der Waals surface area (Å²) in [5, 5.41) is 17.4. The van der Waals surface area contributed by atoms with Crippen LogP contribution >= 0.6 is 35.3 Å². The molecule has 0 saturated heterocycles. The summed E-state index contributed by atoms with van der Waals surface area (Å²) in [7, 11) is 0. The maximum absolute atomic E-state index is 12.2. The summed E-state index contributed by atoms with van der Waals surface area (Å²) in [5.74, 6) is 0.623. The van der Waals surface area contributed by atoms with Gasteiger partial charge in [0.25, 0.3) is 0 Å². The fraction of sp³-hybridized carbons (Fsp3) is 0.444. The molecule has 1 aromatic heterocycles. The number of halogens is 3. The third-order valence-electron chi connectivity index (χ3n) is 3.74.